The number of carboxylic acids is 1. The predicted molar refractivity (Wildman–Crippen MR) is 63.2 cm³/mol. The van der Waals surface area contributed by atoms with E-state index in [-0.39, 0.29) is 6.61 Å². The van der Waals surface area contributed by atoms with Crippen LogP contribution in [0.5, 0.6) is 0 Å². The van der Waals surface area contributed by atoms with Gasteiger partial charge in [0.1, 0.15) is 6.29 Å². The molecule has 0 bridgehead atoms. The number of aldehydes is 1. The molecule has 0 rings (SSSR count). The minimum Gasteiger partial charge on any atom is -0.481 e. The van der Waals surface area contributed by atoms with Crippen LogP contribution in [0.4, 0.5) is 0 Å². The summed E-state index contributed by atoms with van der Waals surface area (Å²) in [6.07, 6.45) is 6.32. The van der Waals surface area contributed by atoms with Crippen LogP contribution in [0, 0.1) is 0 Å². The highest BCUT2D eigenvalue weighted by atomic mass is 16.4. The van der Waals surface area contributed by atoms with Gasteiger partial charge in [-0.25, -0.2) is 0 Å². The molecule has 4 nitrogen and oxygen atoms in total. The molecule has 0 heterocycles. The third-order valence-corrected chi connectivity index (χ3v) is 1.63. The van der Waals surface area contributed by atoms with E-state index in [1.54, 1.807) is 13.0 Å². The molecule has 0 amide bonds. The number of carbonyl (C=O) groups is 2. The van der Waals surface area contributed by atoms with Crippen LogP contribution in [0.1, 0.15) is 33.6 Å². The van der Waals surface area contributed by atoms with Crippen molar-refractivity contribution in [2.75, 3.05) is 6.61 Å². The summed E-state index contributed by atoms with van der Waals surface area (Å²) in [5.41, 5.74) is 1.93. The standard InChI is InChI=1S/C10H16O2.C2H4O2/c1-9(6-7-11)4-3-5-10(2)8-12;1-2(3)4/h5-6,8,11H,3-4,7H2,1-2H3;1H3,(H,3,4). The van der Waals surface area contributed by atoms with Gasteiger partial charge >= 0.3 is 0 Å². The number of hydrogen-bond donors (Lipinski definition) is 2. The van der Waals surface area contributed by atoms with Crippen molar-refractivity contribution in [3.05, 3.63) is 23.3 Å². The first-order valence-corrected chi connectivity index (χ1v) is 5.02. The van der Waals surface area contributed by atoms with Crippen LogP contribution in [0.3, 0.4) is 0 Å². The predicted octanol–water partition coefficient (Wildman–Crippen LogP) is 1.94. The van der Waals surface area contributed by atoms with E-state index < -0.39 is 5.97 Å². The number of hydrogen-bond acceptors (Lipinski definition) is 3. The molecule has 0 aromatic heterocycles. The molecule has 0 fully saturated rings. The van der Waals surface area contributed by atoms with Crippen molar-refractivity contribution >= 4 is 12.3 Å². The largest absolute Gasteiger partial charge is 0.481 e. The summed E-state index contributed by atoms with van der Waals surface area (Å²) in [6.45, 7) is 4.95. The van der Waals surface area contributed by atoms with Gasteiger partial charge in [-0.15, -0.1) is 0 Å². The zero-order valence-electron chi connectivity index (χ0n) is 10.1. The molecule has 0 unspecified atom stereocenters. The summed E-state index contributed by atoms with van der Waals surface area (Å²) in [4.78, 5) is 19.2. The maximum atomic E-state index is 10.2. The molecule has 2 N–H and O–H groups in total. The Hall–Kier alpha value is -1.42. The van der Waals surface area contributed by atoms with E-state index >= 15 is 0 Å². The fraction of sp³-hybridized carbons (Fsp3) is 0.500. The van der Waals surface area contributed by atoms with Gasteiger partial charge < -0.3 is 10.2 Å². The first-order chi connectivity index (χ1) is 7.43. The minimum atomic E-state index is -0.833. The van der Waals surface area contributed by atoms with Gasteiger partial charge in [0.15, 0.2) is 0 Å². The van der Waals surface area contributed by atoms with Gasteiger partial charge in [-0.3, -0.25) is 9.59 Å². The molecule has 4 heteroatoms. The van der Waals surface area contributed by atoms with Gasteiger partial charge in [0.05, 0.1) is 6.61 Å². The Kier molecular flexibility index (Phi) is 12.4. The molecule has 92 valence electrons. The molecular weight excluding hydrogens is 208 g/mol. The van der Waals surface area contributed by atoms with Crippen LogP contribution in [-0.2, 0) is 9.59 Å². The minimum absolute atomic E-state index is 0.0994. The highest BCUT2D eigenvalue weighted by molar-refractivity contribution is 5.71. The van der Waals surface area contributed by atoms with Crippen LogP contribution in [0.2, 0.25) is 0 Å². The van der Waals surface area contributed by atoms with Gasteiger partial charge in [0.2, 0.25) is 0 Å². The third kappa shape index (κ3) is 18.4. The zero-order chi connectivity index (χ0) is 13.0. The number of aliphatic carboxylic acids is 1. The summed E-state index contributed by atoms with van der Waals surface area (Å²) in [7, 11) is 0. The highest BCUT2D eigenvalue weighted by Crippen LogP contribution is 2.05. The molecular formula is C12H20O4. The maximum absolute atomic E-state index is 10.2. The Balaban J connectivity index is 0. The number of aliphatic hydroxyl groups excluding tert-OH is 1. The Morgan fingerprint density at radius 2 is 1.69 bits per heavy atom. The van der Waals surface area contributed by atoms with Crippen LogP contribution >= 0.6 is 0 Å². The quantitative estimate of drug-likeness (QED) is 0.428. The Labute approximate surface area is 96.3 Å². The molecule has 0 aliphatic carbocycles. The van der Waals surface area contributed by atoms with Crippen molar-refractivity contribution in [2.24, 2.45) is 0 Å². The summed E-state index contributed by atoms with van der Waals surface area (Å²) < 4.78 is 0. The molecule has 0 saturated carbocycles. The number of carboxylic acid groups (broad SMARTS) is 1. The summed E-state index contributed by atoms with van der Waals surface area (Å²) in [5.74, 6) is -0.833. The van der Waals surface area contributed by atoms with Crippen LogP contribution in [-0.4, -0.2) is 29.1 Å². The molecule has 16 heavy (non-hydrogen) atoms. The summed E-state index contributed by atoms with van der Waals surface area (Å²) in [5, 5.41) is 16.0. The van der Waals surface area contributed by atoms with E-state index in [4.69, 9.17) is 15.0 Å². The molecule has 0 aromatic carbocycles. The molecule has 0 radical (unpaired) electrons. The van der Waals surface area contributed by atoms with Crippen molar-refractivity contribution in [1.82, 2.24) is 0 Å². The van der Waals surface area contributed by atoms with E-state index in [1.807, 2.05) is 13.0 Å². The van der Waals surface area contributed by atoms with Crippen LogP contribution in [0.15, 0.2) is 23.3 Å². The summed E-state index contributed by atoms with van der Waals surface area (Å²) >= 11 is 0. The Morgan fingerprint density at radius 1 is 1.19 bits per heavy atom. The molecule has 0 aliphatic rings. The van der Waals surface area contributed by atoms with Gasteiger partial charge in [-0.1, -0.05) is 17.7 Å². The second-order valence-corrected chi connectivity index (χ2v) is 3.36. The fourth-order valence-electron chi connectivity index (χ4n) is 0.834. The number of allylic oxidation sites excluding steroid dienone is 3. The normalized spacial score (nSPS) is 11.5. The van der Waals surface area contributed by atoms with Crippen molar-refractivity contribution in [2.45, 2.75) is 33.6 Å². The van der Waals surface area contributed by atoms with Gasteiger partial charge in [-0.05, 0) is 32.3 Å². The smallest absolute Gasteiger partial charge is 0.300 e. The third-order valence-electron chi connectivity index (χ3n) is 1.63. The average molecular weight is 228 g/mol. The highest BCUT2D eigenvalue weighted by Gasteiger charge is 1.88. The average Bonchev–Trinajstić information content (AvgIpc) is 2.17. The monoisotopic (exact) mass is 228 g/mol. The SMILES string of the molecule is CC(=O)O.CC(C=O)=CCCC(C)=CCO. The number of rotatable bonds is 5. The van der Waals surface area contributed by atoms with Gasteiger partial charge in [0, 0.05) is 6.92 Å². The van der Waals surface area contributed by atoms with E-state index in [2.05, 4.69) is 0 Å². The van der Waals surface area contributed by atoms with E-state index in [1.165, 1.54) is 0 Å². The first-order valence-electron chi connectivity index (χ1n) is 5.02. The lowest BCUT2D eigenvalue weighted by atomic mass is 10.1. The van der Waals surface area contributed by atoms with Gasteiger partial charge in [0.25, 0.3) is 5.97 Å². The fourth-order valence-corrected chi connectivity index (χ4v) is 0.834. The Morgan fingerprint density at radius 3 is 2.06 bits per heavy atom. The second kappa shape index (κ2) is 11.7. The lowest BCUT2D eigenvalue weighted by Gasteiger charge is -1.96. The maximum Gasteiger partial charge on any atom is 0.300 e. The van der Waals surface area contributed by atoms with E-state index in [0.29, 0.717) is 0 Å². The second-order valence-electron chi connectivity index (χ2n) is 3.36. The van der Waals surface area contributed by atoms with E-state index in [0.717, 1.165) is 37.2 Å². The van der Waals surface area contributed by atoms with Crippen molar-refractivity contribution in [1.29, 1.82) is 0 Å². The molecule has 0 saturated heterocycles. The van der Waals surface area contributed by atoms with E-state index in [9.17, 15) is 4.79 Å². The van der Waals surface area contributed by atoms with Crippen LogP contribution < -0.4 is 0 Å². The van der Waals surface area contributed by atoms with Crippen LogP contribution in [0.25, 0.3) is 0 Å². The zero-order valence-corrected chi connectivity index (χ0v) is 10.1. The topological polar surface area (TPSA) is 74.6 Å². The molecule has 0 atom stereocenters. The molecule has 0 aromatic rings. The first kappa shape index (κ1) is 17.0. The molecule has 0 spiro atoms. The van der Waals surface area contributed by atoms with Crippen molar-refractivity contribution in [3.8, 4) is 0 Å². The lowest BCUT2D eigenvalue weighted by Crippen LogP contribution is -1.82. The number of aliphatic hydroxyl groups is 1. The molecule has 0 aliphatic heterocycles. The Bertz CT molecular complexity index is 260. The van der Waals surface area contributed by atoms with Crippen molar-refractivity contribution in [3.63, 3.8) is 0 Å². The summed E-state index contributed by atoms with van der Waals surface area (Å²) in [6, 6.07) is 0. The number of carbonyl (C=O) groups excluding carboxylic acids is 1. The van der Waals surface area contributed by atoms with Crippen molar-refractivity contribution < 1.29 is 19.8 Å². The van der Waals surface area contributed by atoms with Gasteiger partial charge in [-0.2, -0.15) is 0 Å². The lowest BCUT2D eigenvalue weighted by molar-refractivity contribution is -0.134.